The van der Waals surface area contributed by atoms with E-state index in [4.69, 9.17) is 5.73 Å². The third kappa shape index (κ3) is 3.57. The van der Waals surface area contributed by atoms with Crippen molar-refractivity contribution in [1.82, 2.24) is 5.32 Å². The highest BCUT2D eigenvalue weighted by molar-refractivity contribution is 5.76. The Hall–Kier alpha value is -1.35. The van der Waals surface area contributed by atoms with Gasteiger partial charge in [0.2, 0.25) is 5.91 Å². The molecule has 0 aliphatic heterocycles. The summed E-state index contributed by atoms with van der Waals surface area (Å²) in [5, 5.41) is 3.08. The Kier molecular flexibility index (Phi) is 4.59. The number of hydrogen-bond acceptors (Lipinski definition) is 2. The molecule has 3 nitrogen and oxygen atoms in total. The van der Waals surface area contributed by atoms with E-state index in [0.29, 0.717) is 6.42 Å². The van der Waals surface area contributed by atoms with Gasteiger partial charge in [-0.25, -0.2) is 0 Å². The van der Waals surface area contributed by atoms with E-state index in [1.807, 2.05) is 13.0 Å². The lowest BCUT2D eigenvalue weighted by atomic mass is 9.64. The van der Waals surface area contributed by atoms with Gasteiger partial charge in [0.1, 0.15) is 0 Å². The Morgan fingerprint density at radius 1 is 1.37 bits per heavy atom. The van der Waals surface area contributed by atoms with Crippen LogP contribution in [-0.2, 0) is 10.2 Å². The average molecular weight is 260 g/mol. The zero-order chi connectivity index (χ0) is 13.7. The Bertz CT molecular complexity index is 410. The molecule has 0 saturated heterocycles. The minimum atomic E-state index is 0.0949. The van der Waals surface area contributed by atoms with Gasteiger partial charge >= 0.3 is 0 Å². The lowest BCUT2D eigenvalue weighted by Crippen LogP contribution is -2.45. The highest BCUT2D eigenvalue weighted by Crippen LogP contribution is 2.43. The summed E-state index contributed by atoms with van der Waals surface area (Å²) in [7, 11) is 0. The van der Waals surface area contributed by atoms with Crippen LogP contribution in [0, 0.1) is 0 Å². The van der Waals surface area contributed by atoms with Gasteiger partial charge in [-0.1, -0.05) is 36.8 Å². The van der Waals surface area contributed by atoms with E-state index in [2.05, 4.69) is 29.6 Å². The van der Waals surface area contributed by atoms with E-state index in [1.54, 1.807) is 0 Å². The molecule has 0 aromatic heterocycles. The normalized spacial score (nSPS) is 18.4. The quantitative estimate of drug-likeness (QED) is 0.825. The van der Waals surface area contributed by atoms with Crippen LogP contribution in [0.15, 0.2) is 30.3 Å². The van der Waals surface area contributed by atoms with Crippen LogP contribution in [0.25, 0.3) is 0 Å². The lowest BCUT2D eigenvalue weighted by molar-refractivity contribution is -0.121. The summed E-state index contributed by atoms with van der Waals surface area (Å²) < 4.78 is 0. The van der Waals surface area contributed by atoms with Crippen LogP contribution in [0.1, 0.15) is 44.6 Å². The molecule has 104 valence electrons. The van der Waals surface area contributed by atoms with Crippen LogP contribution >= 0.6 is 0 Å². The number of rotatable bonds is 6. The molecule has 1 amide bonds. The van der Waals surface area contributed by atoms with Gasteiger partial charge in [0.05, 0.1) is 0 Å². The molecule has 1 saturated carbocycles. The first kappa shape index (κ1) is 14.1. The molecular formula is C16H24N2O. The summed E-state index contributed by atoms with van der Waals surface area (Å²) in [6.07, 6.45) is 4.88. The van der Waals surface area contributed by atoms with Crippen LogP contribution in [0.4, 0.5) is 0 Å². The molecular weight excluding hydrogens is 236 g/mol. The van der Waals surface area contributed by atoms with Crippen molar-refractivity contribution < 1.29 is 4.79 Å². The molecule has 1 aromatic carbocycles. The second-order valence-corrected chi connectivity index (χ2v) is 5.79. The maximum Gasteiger partial charge on any atom is 0.220 e. The van der Waals surface area contributed by atoms with Crippen LogP contribution in [0.5, 0.6) is 0 Å². The Labute approximate surface area is 115 Å². The number of nitrogens with two attached hydrogens (primary N) is 1. The highest BCUT2D eigenvalue weighted by Gasteiger charge is 2.38. The first-order valence-corrected chi connectivity index (χ1v) is 7.20. The number of benzene rings is 1. The molecule has 0 bridgehead atoms. The van der Waals surface area contributed by atoms with E-state index >= 15 is 0 Å². The SMILES string of the molecule is CC(N)CCC(=O)NCC1(c2ccccc2)CCC1. The molecule has 0 spiro atoms. The van der Waals surface area contributed by atoms with Gasteiger partial charge in [-0.15, -0.1) is 0 Å². The second kappa shape index (κ2) is 6.20. The molecule has 0 heterocycles. The van der Waals surface area contributed by atoms with Crippen molar-refractivity contribution in [2.45, 2.75) is 50.5 Å². The molecule has 19 heavy (non-hydrogen) atoms. The standard InChI is InChI=1S/C16H24N2O/c1-13(17)8-9-15(19)18-12-16(10-5-11-16)14-6-3-2-4-7-14/h2-4,6-7,13H,5,8-12,17H2,1H3,(H,18,19). The van der Waals surface area contributed by atoms with Gasteiger partial charge in [0.15, 0.2) is 0 Å². The fourth-order valence-electron chi connectivity index (χ4n) is 2.68. The lowest BCUT2D eigenvalue weighted by Gasteiger charge is -2.42. The molecule has 1 fully saturated rings. The molecule has 0 radical (unpaired) electrons. The van der Waals surface area contributed by atoms with Crippen molar-refractivity contribution >= 4 is 5.91 Å². The van der Waals surface area contributed by atoms with E-state index < -0.39 is 0 Å². The summed E-state index contributed by atoms with van der Waals surface area (Å²) in [4.78, 5) is 11.8. The maximum atomic E-state index is 11.8. The largest absolute Gasteiger partial charge is 0.355 e. The highest BCUT2D eigenvalue weighted by atomic mass is 16.1. The van der Waals surface area contributed by atoms with Crippen molar-refractivity contribution in [1.29, 1.82) is 0 Å². The molecule has 1 aromatic rings. The van der Waals surface area contributed by atoms with Gasteiger partial charge in [0.25, 0.3) is 0 Å². The fraction of sp³-hybridized carbons (Fsp3) is 0.562. The summed E-state index contributed by atoms with van der Waals surface area (Å²) in [5.41, 5.74) is 7.20. The third-order valence-electron chi connectivity index (χ3n) is 4.15. The second-order valence-electron chi connectivity index (χ2n) is 5.79. The van der Waals surface area contributed by atoms with Crippen molar-refractivity contribution in [2.75, 3.05) is 6.54 Å². The minimum absolute atomic E-state index is 0.0949. The predicted octanol–water partition coefficient (Wildman–Crippen LogP) is 2.35. The first-order valence-electron chi connectivity index (χ1n) is 7.20. The number of nitrogens with one attached hydrogen (secondary N) is 1. The molecule has 1 aliphatic carbocycles. The number of carbonyl (C=O) groups excluding carboxylic acids is 1. The number of amides is 1. The number of hydrogen-bond donors (Lipinski definition) is 2. The molecule has 3 heteroatoms. The summed E-state index contributed by atoms with van der Waals surface area (Å²) in [6, 6.07) is 10.6. The Morgan fingerprint density at radius 2 is 2.05 bits per heavy atom. The van der Waals surface area contributed by atoms with E-state index in [9.17, 15) is 4.79 Å². The Balaban J connectivity index is 1.88. The smallest absolute Gasteiger partial charge is 0.220 e. The van der Waals surface area contributed by atoms with Crippen LogP contribution in [0.3, 0.4) is 0 Å². The van der Waals surface area contributed by atoms with Crippen molar-refractivity contribution in [2.24, 2.45) is 5.73 Å². The molecule has 2 rings (SSSR count). The van der Waals surface area contributed by atoms with E-state index in [-0.39, 0.29) is 17.4 Å². The molecule has 1 atom stereocenters. The van der Waals surface area contributed by atoms with Gasteiger partial charge < -0.3 is 11.1 Å². The van der Waals surface area contributed by atoms with Gasteiger partial charge in [-0.05, 0) is 31.7 Å². The number of carbonyl (C=O) groups is 1. The fourth-order valence-corrected chi connectivity index (χ4v) is 2.68. The maximum absolute atomic E-state index is 11.8. The van der Waals surface area contributed by atoms with Crippen molar-refractivity contribution in [3.05, 3.63) is 35.9 Å². The van der Waals surface area contributed by atoms with E-state index in [1.165, 1.54) is 24.8 Å². The predicted molar refractivity (Wildman–Crippen MR) is 77.9 cm³/mol. The zero-order valence-corrected chi connectivity index (χ0v) is 11.7. The Morgan fingerprint density at radius 3 is 2.58 bits per heavy atom. The summed E-state index contributed by atoms with van der Waals surface area (Å²) in [6.45, 7) is 2.69. The van der Waals surface area contributed by atoms with Crippen LogP contribution in [-0.4, -0.2) is 18.5 Å². The minimum Gasteiger partial charge on any atom is -0.355 e. The van der Waals surface area contributed by atoms with Crippen LogP contribution in [0.2, 0.25) is 0 Å². The molecule has 3 N–H and O–H groups in total. The van der Waals surface area contributed by atoms with Gasteiger partial charge in [0, 0.05) is 24.4 Å². The zero-order valence-electron chi connectivity index (χ0n) is 11.7. The molecule has 1 aliphatic rings. The average Bonchev–Trinajstić information content (AvgIpc) is 2.36. The first-order chi connectivity index (χ1) is 9.12. The van der Waals surface area contributed by atoms with Crippen molar-refractivity contribution in [3.63, 3.8) is 0 Å². The monoisotopic (exact) mass is 260 g/mol. The topological polar surface area (TPSA) is 55.1 Å². The molecule has 1 unspecified atom stereocenters. The van der Waals surface area contributed by atoms with Gasteiger partial charge in [-0.2, -0.15) is 0 Å². The van der Waals surface area contributed by atoms with Gasteiger partial charge in [-0.3, -0.25) is 4.79 Å². The van der Waals surface area contributed by atoms with Crippen LogP contribution < -0.4 is 11.1 Å². The summed E-state index contributed by atoms with van der Waals surface area (Å²) in [5.74, 6) is 0.125. The third-order valence-corrected chi connectivity index (χ3v) is 4.15. The van der Waals surface area contributed by atoms with Crippen molar-refractivity contribution in [3.8, 4) is 0 Å². The summed E-state index contributed by atoms with van der Waals surface area (Å²) >= 11 is 0. The van der Waals surface area contributed by atoms with E-state index in [0.717, 1.165) is 13.0 Å².